The molecular formula is C75H150N2O6P+. The van der Waals surface area contributed by atoms with Crippen molar-refractivity contribution in [1.82, 2.24) is 5.32 Å². The summed E-state index contributed by atoms with van der Waals surface area (Å²) in [6, 6.07) is -0.760. The molecule has 84 heavy (non-hydrogen) atoms. The van der Waals surface area contributed by atoms with Gasteiger partial charge < -0.3 is 19.8 Å². The number of aliphatic hydroxyl groups excluding tert-OH is 1. The standard InChI is InChI=1S/C75H149N2O6P/c1-6-8-10-12-14-16-18-20-22-24-26-28-30-32-34-36-38-40-42-44-46-48-50-52-54-56-58-60-62-64-66-68-74(78)73(72-83-84(80,81)82-71-70-77(3,4)5)76-75(79)69-67-65-63-61-59-57-55-53-51-49-47-45-43-41-39-37-35-33-31-29-27-25-23-21-19-17-15-13-11-9-7-2/h19,21,25,27,73-74,78H,6-18,20,22-24,26,28-72H2,1-5H3,(H-,76,79,80,81)/p+1/b21-19-,27-25-. The first-order valence-corrected chi connectivity index (χ1v) is 39.2. The summed E-state index contributed by atoms with van der Waals surface area (Å²) < 4.78 is 23.9. The third-order valence-electron chi connectivity index (χ3n) is 17.7. The van der Waals surface area contributed by atoms with Gasteiger partial charge in [0, 0.05) is 6.42 Å². The fourth-order valence-electron chi connectivity index (χ4n) is 11.8. The van der Waals surface area contributed by atoms with Gasteiger partial charge in [0.1, 0.15) is 13.2 Å². The molecule has 8 nitrogen and oxygen atoms in total. The van der Waals surface area contributed by atoms with E-state index in [9.17, 15) is 19.4 Å². The van der Waals surface area contributed by atoms with E-state index in [-0.39, 0.29) is 19.1 Å². The summed E-state index contributed by atoms with van der Waals surface area (Å²) >= 11 is 0. The number of nitrogens with zero attached hydrogens (tertiary/aromatic N) is 1. The molecule has 0 heterocycles. The fraction of sp³-hybridized carbons (Fsp3) is 0.933. The zero-order valence-corrected chi connectivity index (χ0v) is 58.3. The average molecular weight is 1210 g/mol. The molecule has 0 saturated carbocycles. The summed E-state index contributed by atoms with van der Waals surface area (Å²) in [5.41, 5.74) is 0. The Hall–Kier alpha value is -1.02. The molecule has 0 bridgehead atoms. The van der Waals surface area contributed by atoms with Crippen molar-refractivity contribution in [2.75, 3.05) is 40.9 Å². The van der Waals surface area contributed by atoms with Crippen molar-refractivity contribution < 1.29 is 32.9 Å². The zero-order chi connectivity index (χ0) is 61.2. The monoisotopic (exact) mass is 1210 g/mol. The number of carbonyl (C=O) groups excluding carboxylic acids is 1. The second-order valence-electron chi connectivity index (χ2n) is 27.4. The lowest BCUT2D eigenvalue weighted by Crippen LogP contribution is -2.46. The Morgan fingerprint density at radius 3 is 0.976 bits per heavy atom. The molecule has 3 atom stereocenters. The van der Waals surface area contributed by atoms with Crippen LogP contribution in [0.15, 0.2) is 24.3 Å². The van der Waals surface area contributed by atoms with Crippen LogP contribution in [-0.2, 0) is 18.4 Å². The summed E-state index contributed by atoms with van der Waals surface area (Å²) in [4.78, 5) is 23.5. The van der Waals surface area contributed by atoms with Crippen molar-refractivity contribution in [2.45, 2.75) is 411 Å². The second kappa shape index (κ2) is 66.4. The Bertz CT molecular complexity index is 1420. The molecule has 3 unspecified atom stereocenters. The van der Waals surface area contributed by atoms with Crippen LogP contribution in [0.3, 0.4) is 0 Å². The number of rotatable bonds is 71. The molecule has 0 aromatic heterocycles. The molecule has 0 aromatic carbocycles. The summed E-state index contributed by atoms with van der Waals surface area (Å²) in [5.74, 6) is -0.135. The number of phosphoric acid groups is 1. The Labute approximate surface area is 525 Å². The number of phosphoric ester groups is 1. The zero-order valence-electron chi connectivity index (χ0n) is 57.4. The van der Waals surface area contributed by atoms with E-state index in [0.717, 1.165) is 44.9 Å². The summed E-state index contributed by atoms with van der Waals surface area (Å²) in [5, 5.41) is 14.2. The molecule has 0 fully saturated rings. The van der Waals surface area contributed by atoms with Crippen LogP contribution in [0.2, 0.25) is 0 Å². The molecule has 500 valence electrons. The van der Waals surface area contributed by atoms with Crippen LogP contribution in [0.25, 0.3) is 0 Å². The van der Waals surface area contributed by atoms with Crippen molar-refractivity contribution in [3.8, 4) is 0 Å². The lowest BCUT2D eigenvalue weighted by atomic mass is 10.0. The van der Waals surface area contributed by atoms with Crippen LogP contribution in [0.5, 0.6) is 0 Å². The SMILES string of the molecule is CCCCCCC/C=C\C/C=C\CCCCCCCCCCCCCCCCCCCCCC(=O)NC(COP(=O)(O)OCC[N+](C)(C)C)C(O)CCCCCCCCCCCCCCCCCCCCCCCCCCCCCCCCC. The van der Waals surface area contributed by atoms with Gasteiger partial charge in [-0.25, -0.2) is 4.57 Å². The maximum atomic E-state index is 13.1. The Morgan fingerprint density at radius 2 is 0.679 bits per heavy atom. The smallest absolute Gasteiger partial charge is 0.391 e. The highest BCUT2D eigenvalue weighted by molar-refractivity contribution is 7.47. The maximum Gasteiger partial charge on any atom is 0.472 e. The molecule has 0 radical (unpaired) electrons. The van der Waals surface area contributed by atoms with Gasteiger partial charge in [0.25, 0.3) is 0 Å². The van der Waals surface area contributed by atoms with Crippen LogP contribution >= 0.6 is 7.82 Å². The average Bonchev–Trinajstić information content (AvgIpc) is 3.56. The molecule has 1 amide bonds. The van der Waals surface area contributed by atoms with E-state index >= 15 is 0 Å². The summed E-state index contributed by atoms with van der Waals surface area (Å²) in [6.45, 7) is 4.95. The first-order valence-electron chi connectivity index (χ1n) is 37.7. The van der Waals surface area contributed by atoms with E-state index in [1.165, 1.54) is 327 Å². The minimum Gasteiger partial charge on any atom is -0.391 e. The van der Waals surface area contributed by atoms with Crippen molar-refractivity contribution in [3.05, 3.63) is 24.3 Å². The van der Waals surface area contributed by atoms with E-state index in [4.69, 9.17) is 9.05 Å². The second-order valence-corrected chi connectivity index (χ2v) is 28.8. The van der Waals surface area contributed by atoms with Crippen molar-refractivity contribution in [2.24, 2.45) is 0 Å². The third-order valence-corrected chi connectivity index (χ3v) is 18.7. The Kier molecular flexibility index (Phi) is 65.6. The van der Waals surface area contributed by atoms with Gasteiger partial charge >= 0.3 is 7.82 Å². The fourth-order valence-corrected chi connectivity index (χ4v) is 12.6. The summed E-state index contributed by atoms with van der Waals surface area (Å²) in [7, 11) is 1.64. The van der Waals surface area contributed by atoms with Crippen molar-refractivity contribution >= 4 is 13.7 Å². The molecule has 0 aliphatic carbocycles. The quantitative estimate of drug-likeness (QED) is 0.0243. The van der Waals surface area contributed by atoms with Crippen LogP contribution in [0.4, 0.5) is 0 Å². The normalized spacial score (nSPS) is 13.7. The lowest BCUT2D eigenvalue weighted by Gasteiger charge is -2.26. The van der Waals surface area contributed by atoms with Gasteiger partial charge in [-0.1, -0.05) is 372 Å². The van der Waals surface area contributed by atoms with Gasteiger partial charge in [0.05, 0.1) is 39.9 Å². The van der Waals surface area contributed by atoms with Gasteiger partial charge in [-0.2, -0.15) is 0 Å². The molecule has 0 aliphatic rings. The molecular weight excluding hydrogens is 1060 g/mol. The topological polar surface area (TPSA) is 105 Å². The van der Waals surface area contributed by atoms with Crippen LogP contribution < -0.4 is 5.32 Å². The van der Waals surface area contributed by atoms with E-state index in [2.05, 4.69) is 43.5 Å². The largest absolute Gasteiger partial charge is 0.472 e. The van der Waals surface area contributed by atoms with E-state index in [1.807, 2.05) is 21.1 Å². The summed E-state index contributed by atoms with van der Waals surface area (Å²) in [6.07, 6.45) is 87.3. The minimum absolute atomic E-state index is 0.0776. The Morgan fingerprint density at radius 1 is 0.405 bits per heavy atom. The van der Waals surface area contributed by atoms with E-state index < -0.39 is 20.0 Å². The number of allylic oxidation sites excluding steroid dienone is 4. The van der Waals surface area contributed by atoms with E-state index in [1.54, 1.807) is 0 Å². The highest BCUT2D eigenvalue weighted by Gasteiger charge is 2.28. The molecule has 3 N–H and O–H groups in total. The number of unbranched alkanes of at least 4 members (excludes halogenated alkanes) is 54. The van der Waals surface area contributed by atoms with Crippen molar-refractivity contribution in [1.29, 1.82) is 0 Å². The maximum absolute atomic E-state index is 13.1. The predicted molar refractivity (Wildman–Crippen MR) is 369 cm³/mol. The molecule has 0 spiro atoms. The molecule has 0 aromatic rings. The number of hydrogen-bond acceptors (Lipinski definition) is 5. The molecule has 9 heteroatoms. The van der Waals surface area contributed by atoms with Gasteiger partial charge in [-0.05, 0) is 44.9 Å². The van der Waals surface area contributed by atoms with Gasteiger partial charge in [-0.15, -0.1) is 0 Å². The van der Waals surface area contributed by atoms with Gasteiger partial charge in [0.15, 0.2) is 0 Å². The first kappa shape index (κ1) is 83.0. The number of carbonyl (C=O) groups is 1. The van der Waals surface area contributed by atoms with E-state index in [0.29, 0.717) is 23.9 Å². The van der Waals surface area contributed by atoms with Crippen LogP contribution in [0, 0.1) is 0 Å². The van der Waals surface area contributed by atoms with Gasteiger partial charge in [0.2, 0.25) is 5.91 Å². The highest BCUT2D eigenvalue weighted by atomic mass is 31.2. The van der Waals surface area contributed by atoms with Crippen LogP contribution in [0.1, 0.15) is 399 Å². The number of amides is 1. The predicted octanol–water partition coefficient (Wildman–Crippen LogP) is 24.2. The number of nitrogens with one attached hydrogen (secondary N) is 1. The number of hydrogen-bond donors (Lipinski definition) is 3. The number of aliphatic hydroxyl groups is 1. The molecule has 0 saturated heterocycles. The number of likely N-dealkylation sites (N-methyl/N-ethyl adjacent to an activating group) is 1. The molecule has 0 rings (SSSR count). The first-order chi connectivity index (χ1) is 41.0. The number of quaternary nitrogens is 1. The third kappa shape index (κ3) is 68.5. The lowest BCUT2D eigenvalue weighted by molar-refractivity contribution is -0.870. The highest BCUT2D eigenvalue weighted by Crippen LogP contribution is 2.43. The Balaban J connectivity index is 3.96. The van der Waals surface area contributed by atoms with Gasteiger partial charge in [-0.3, -0.25) is 13.8 Å². The van der Waals surface area contributed by atoms with Crippen LogP contribution in [-0.4, -0.2) is 73.4 Å². The molecule has 0 aliphatic heterocycles. The van der Waals surface area contributed by atoms with Crippen molar-refractivity contribution in [3.63, 3.8) is 0 Å². The minimum atomic E-state index is -4.33.